The first-order valence-corrected chi connectivity index (χ1v) is 9.05. The number of carbonyl (C=O) groups is 1. The number of nitrogens with one attached hydrogen (secondary N) is 1. The van der Waals surface area contributed by atoms with Crippen LogP contribution in [0.2, 0.25) is 0 Å². The van der Waals surface area contributed by atoms with Gasteiger partial charge in [-0.2, -0.15) is 0 Å². The van der Waals surface area contributed by atoms with Crippen LogP contribution in [0.3, 0.4) is 0 Å². The number of aliphatic hydroxyl groups excluding tert-OH is 1. The molecule has 2 aliphatic rings. The first-order chi connectivity index (χ1) is 12.2. The summed E-state index contributed by atoms with van der Waals surface area (Å²) in [6.45, 7) is 0.214. The summed E-state index contributed by atoms with van der Waals surface area (Å²) >= 11 is 0. The zero-order chi connectivity index (χ0) is 17.4. The molecular formula is C19H23N3O3. The molecule has 0 aliphatic carbocycles. The van der Waals surface area contributed by atoms with Gasteiger partial charge < -0.3 is 15.0 Å². The molecule has 0 radical (unpaired) electrons. The van der Waals surface area contributed by atoms with Crippen molar-refractivity contribution >= 4 is 16.9 Å². The maximum atomic E-state index is 12.7. The molecular weight excluding hydrogens is 318 g/mol. The highest BCUT2D eigenvalue weighted by Gasteiger charge is 2.42. The van der Waals surface area contributed by atoms with E-state index in [2.05, 4.69) is 9.97 Å². The lowest BCUT2D eigenvalue weighted by Gasteiger charge is -2.38. The summed E-state index contributed by atoms with van der Waals surface area (Å²) < 4.78 is 0. The van der Waals surface area contributed by atoms with E-state index in [1.54, 1.807) is 0 Å². The van der Waals surface area contributed by atoms with Crippen LogP contribution in [-0.2, 0) is 11.2 Å². The maximum Gasteiger partial charge on any atom is 0.270 e. The quantitative estimate of drug-likeness (QED) is 0.885. The molecule has 4 rings (SSSR count). The van der Waals surface area contributed by atoms with Gasteiger partial charge in [0.15, 0.2) is 0 Å². The second-order valence-electron chi connectivity index (χ2n) is 7.24. The molecule has 25 heavy (non-hydrogen) atoms. The van der Waals surface area contributed by atoms with E-state index in [0.29, 0.717) is 30.0 Å². The third kappa shape index (κ3) is 3.06. The van der Waals surface area contributed by atoms with Crippen molar-refractivity contribution in [2.75, 3.05) is 6.61 Å². The molecule has 2 N–H and O–H groups in total. The van der Waals surface area contributed by atoms with Crippen molar-refractivity contribution in [3.8, 4) is 0 Å². The number of benzene rings is 1. The van der Waals surface area contributed by atoms with Gasteiger partial charge in [0.2, 0.25) is 5.91 Å². The number of rotatable bonds is 4. The summed E-state index contributed by atoms with van der Waals surface area (Å²) in [6.07, 6.45) is 4.52. The van der Waals surface area contributed by atoms with Crippen molar-refractivity contribution in [3.63, 3.8) is 0 Å². The summed E-state index contributed by atoms with van der Waals surface area (Å²) in [7, 11) is 0. The standard InChI is InChI=1S/C19H23N3O3/c23-11-12-9-13-5-6-14(10-12)22(13)18(24)8-7-17-19(25)21-16-4-2-1-3-15(16)20-17/h1-4,12-14,23H,5-11H2,(H,21,25)/t12?,13-,14+. The second kappa shape index (κ2) is 6.59. The number of piperidine rings is 1. The number of aromatic nitrogens is 2. The number of fused-ring (bicyclic) bond motifs is 3. The SMILES string of the molecule is O=C(CCc1nc2ccccc2[nH]c1=O)N1[C@@H]2CC[C@H]1CC(CO)C2. The molecule has 0 saturated carbocycles. The van der Waals surface area contributed by atoms with Crippen molar-refractivity contribution in [2.45, 2.75) is 50.6 Å². The predicted molar refractivity (Wildman–Crippen MR) is 94.2 cm³/mol. The van der Waals surface area contributed by atoms with E-state index in [1.807, 2.05) is 29.2 Å². The Morgan fingerprint density at radius 2 is 1.96 bits per heavy atom. The Bertz CT molecular complexity index is 833. The molecule has 3 atom stereocenters. The average Bonchev–Trinajstić information content (AvgIpc) is 2.89. The fraction of sp³-hybridized carbons (Fsp3) is 0.526. The molecule has 132 valence electrons. The van der Waals surface area contributed by atoms with Crippen LogP contribution in [0.25, 0.3) is 11.0 Å². The smallest absolute Gasteiger partial charge is 0.270 e. The van der Waals surface area contributed by atoms with Gasteiger partial charge in [0.25, 0.3) is 5.56 Å². The first kappa shape index (κ1) is 16.3. The highest BCUT2D eigenvalue weighted by Crippen LogP contribution is 2.38. The van der Waals surface area contributed by atoms with E-state index in [-0.39, 0.29) is 30.2 Å². The van der Waals surface area contributed by atoms with E-state index >= 15 is 0 Å². The Labute approximate surface area is 145 Å². The average molecular weight is 341 g/mol. The lowest BCUT2D eigenvalue weighted by Crippen LogP contribution is -2.47. The summed E-state index contributed by atoms with van der Waals surface area (Å²) in [5, 5.41) is 9.40. The van der Waals surface area contributed by atoms with E-state index in [9.17, 15) is 14.7 Å². The summed E-state index contributed by atoms with van der Waals surface area (Å²) in [5.41, 5.74) is 1.66. The molecule has 1 unspecified atom stereocenters. The molecule has 1 amide bonds. The Kier molecular flexibility index (Phi) is 4.29. The Morgan fingerprint density at radius 3 is 2.68 bits per heavy atom. The molecule has 2 bridgehead atoms. The maximum absolute atomic E-state index is 12.7. The van der Waals surface area contributed by atoms with Gasteiger partial charge in [-0.05, 0) is 43.7 Å². The topological polar surface area (TPSA) is 86.3 Å². The molecule has 6 heteroatoms. The Morgan fingerprint density at radius 1 is 1.24 bits per heavy atom. The third-order valence-corrected chi connectivity index (χ3v) is 5.62. The van der Waals surface area contributed by atoms with E-state index < -0.39 is 0 Å². The normalized spacial score (nSPS) is 25.5. The van der Waals surface area contributed by atoms with Gasteiger partial charge in [0.05, 0.1) is 11.0 Å². The van der Waals surface area contributed by atoms with Gasteiger partial charge in [-0.1, -0.05) is 12.1 Å². The number of H-pyrrole nitrogens is 1. The third-order valence-electron chi connectivity index (χ3n) is 5.62. The summed E-state index contributed by atoms with van der Waals surface area (Å²) in [6, 6.07) is 7.93. The molecule has 2 aliphatic heterocycles. The van der Waals surface area contributed by atoms with E-state index in [1.165, 1.54) is 0 Å². The molecule has 1 aromatic heterocycles. The fourth-order valence-corrected chi connectivity index (χ4v) is 4.44. The van der Waals surface area contributed by atoms with E-state index in [0.717, 1.165) is 31.2 Å². The molecule has 2 aromatic rings. The van der Waals surface area contributed by atoms with Crippen molar-refractivity contribution < 1.29 is 9.90 Å². The number of carbonyl (C=O) groups excluding carboxylic acids is 1. The first-order valence-electron chi connectivity index (χ1n) is 9.05. The number of aliphatic hydroxyl groups is 1. The number of aryl methyl sites for hydroxylation is 1. The monoisotopic (exact) mass is 341 g/mol. The minimum absolute atomic E-state index is 0.109. The lowest BCUT2D eigenvalue weighted by atomic mass is 9.91. The highest BCUT2D eigenvalue weighted by molar-refractivity contribution is 5.78. The number of amides is 1. The Balaban J connectivity index is 1.46. The fourth-order valence-electron chi connectivity index (χ4n) is 4.44. The van der Waals surface area contributed by atoms with Crippen LogP contribution in [0.4, 0.5) is 0 Å². The molecule has 3 heterocycles. The van der Waals surface area contributed by atoms with Gasteiger partial charge >= 0.3 is 0 Å². The molecule has 1 aromatic carbocycles. The van der Waals surface area contributed by atoms with Crippen LogP contribution in [0.1, 0.15) is 37.8 Å². The van der Waals surface area contributed by atoms with Gasteiger partial charge in [-0.3, -0.25) is 9.59 Å². The van der Waals surface area contributed by atoms with Crippen molar-refractivity contribution in [1.29, 1.82) is 0 Å². The number of aromatic amines is 1. The molecule has 2 fully saturated rings. The van der Waals surface area contributed by atoms with Crippen LogP contribution in [0.5, 0.6) is 0 Å². The van der Waals surface area contributed by atoms with Crippen molar-refractivity contribution in [3.05, 3.63) is 40.3 Å². The van der Waals surface area contributed by atoms with Gasteiger partial charge in [0.1, 0.15) is 5.69 Å². The molecule has 2 saturated heterocycles. The van der Waals surface area contributed by atoms with Crippen LogP contribution in [-0.4, -0.2) is 44.6 Å². The number of hydrogen-bond acceptors (Lipinski definition) is 4. The highest BCUT2D eigenvalue weighted by atomic mass is 16.3. The zero-order valence-corrected chi connectivity index (χ0v) is 14.1. The Hall–Kier alpha value is -2.21. The van der Waals surface area contributed by atoms with Gasteiger partial charge in [-0.15, -0.1) is 0 Å². The van der Waals surface area contributed by atoms with Crippen LogP contribution in [0, 0.1) is 5.92 Å². The minimum atomic E-state index is -0.214. The number of para-hydroxylation sites is 2. The predicted octanol–water partition coefficient (Wildman–Crippen LogP) is 1.62. The van der Waals surface area contributed by atoms with Gasteiger partial charge in [0, 0.05) is 31.5 Å². The minimum Gasteiger partial charge on any atom is -0.396 e. The summed E-state index contributed by atoms with van der Waals surface area (Å²) in [4.78, 5) is 34.2. The number of nitrogens with zero attached hydrogens (tertiary/aromatic N) is 2. The van der Waals surface area contributed by atoms with Crippen LogP contribution in [0.15, 0.2) is 29.1 Å². The van der Waals surface area contributed by atoms with Gasteiger partial charge in [-0.25, -0.2) is 4.98 Å². The molecule has 6 nitrogen and oxygen atoms in total. The molecule has 0 spiro atoms. The number of hydrogen-bond donors (Lipinski definition) is 2. The van der Waals surface area contributed by atoms with Crippen LogP contribution < -0.4 is 5.56 Å². The van der Waals surface area contributed by atoms with Crippen molar-refractivity contribution in [1.82, 2.24) is 14.9 Å². The largest absolute Gasteiger partial charge is 0.396 e. The van der Waals surface area contributed by atoms with E-state index in [4.69, 9.17) is 0 Å². The van der Waals surface area contributed by atoms with Crippen LogP contribution >= 0.6 is 0 Å². The second-order valence-corrected chi connectivity index (χ2v) is 7.24. The van der Waals surface area contributed by atoms with Crippen molar-refractivity contribution in [2.24, 2.45) is 5.92 Å². The lowest BCUT2D eigenvalue weighted by molar-refractivity contribution is -0.136. The zero-order valence-electron chi connectivity index (χ0n) is 14.1. The summed E-state index contributed by atoms with van der Waals surface area (Å²) in [5.74, 6) is 0.435.